The number of hydrogen-bond donors (Lipinski definition) is 2. The number of amides is 3. The molecule has 3 amide bonds. The number of carbonyl (C=O) groups is 3. The van der Waals surface area contributed by atoms with Crippen molar-refractivity contribution in [2.45, 2.75) is 12.6 Å². The molecular weight excluding hydrogens is 413 g/mol. The van der Waals surface area contributed by atoms with Crippen molar-refractivity contribution < 1.29 is 27.6 Å². The number of benzene rings is 2. The molecule has 0 aliphatic carbocycles. The van der Waals surface area contributed by atoms with Gasteiger partial charge in [-0.15, -0.1) is 0 Å². The Morgan fingerprint density at radius 1 is 0.935 bits per heavy atom. The van der Waals surface area contributed by atoms with Crippen LogP contribution in [0.3, 0.4) is 0 Å². The molecule has 2 aromatic carbocycles. The number of halogens is 3. The van der Waals surface area contributed by atoms with Crippen molar-refractivity contribution in [3.05, 3.63) is 71.0 Å². The van der Waals surface area contributed by atoms with Gasteiger partial charge < -0.3 is 20.9 Å². The second-order valence-corrected chi connectivity index (χ2v) is 6.94. The van der Waals surface area contributed by atoms with Crippen LogP contribution < -0.4 is 11.1 Å². The van der Waals surface area contributed by atoms with Gasteiger partial charge in [-0.25, -0.2) is 13.2 Å². The number of hydrogen-bond acceptors (Lipinski definition) is 4. The van der Waals surface area contributed by atoms with E-state index in [1.807, 2.05) is 0 Å². The molecule has 0 saturated carbocycles. The molecule has 1 unspecified atom stereocenters. The normalized spacial score (nSPS) is 16.2. The van der Waals surface area contributed by atoms with E-state index in [0.29, 0.717) is 6.42 Å². The number of nitrogens with zero attached hydrogens (tertiary/aromatic N) is 2. The van der Waals surface area contributed by atoms with Gasteiger partial charge in [0.15, 0.2) is 17.8 Å². The summed E-state index contributed by atoms with van der Waals surface area (Å²) in [5.41, 5.74) is 5.27. The Morgan fingerprint density at radius 2 is 1.58 bits per heavy atom. The molecule has 7 nitrogen and oxygen atoms in total. The van der Waals surface area contributed by atoms with Crippen LogP contribution in [0.5, 0.6) is 0 Å². The molecule has 3 N–H and O–H groups in total. The molecule has 1 aliphatic rings. The number of nitrogens with two attached hydrogens (primary N) is 1. The zero-order chi connectivity index (χ0) is 22.5. The van der Waals surface area contributed by atoms with Crippen molar-refractivity contribution >= 4 is 17.7 Å². The van der Waals surface area contributed by atoms with Crippen molar-refractivity contribution in [2.24, 2.45) is 5.73 Å². The summed E-state index contributed by atoms with van der Waals surface area (Å²) >= 11 is 0. The Hall–Kier alpha value is -3.40. The van der Waals surface area contributed by atoms with E-state index in [1.54, 1.807) is 0 Å². The Morgan fingerprint density at radius 3 is 2.16 bits per heavy atom. The molecule has 0 spiro atoms. The van der Waals surface area contributed by atoms with Crippen LogP contribution >= 0.6 is 0 Å². The van der Waals surface area contributed by atoms with E-state index in [1.165, 1.54) is 18.2 Å². The summed E-state index contributed by atoms with van der Waals surface area (Å²) in [6.07, 6.45) is -1.03. The largest absolute Gasteiger partial charge is 0.351 e. The number of nitrogens with one attached hydrogen (secondary N) is 1. The summed E-state index contributed by atoms with van der Waals surface area (Å²) < 4.78 is 40.6. The highest BCUT2D eigenvalue weighted by molar-refractivity contribution is 6.01. The Kier molecular flexibility index (Phi) is 6.91. The minimum atomic E-state index is -1.36. The lowest BCUT2D eigenvalue weighted by molar-refractivity contribution is -0.132. The standard InChI is InChI=1S/C21H21F3N4O3/c22-15-4-1-3-13(11-15)20(30)27-9-2-10-28(19(27)18(29)26-8-7-25)21(31)14-5-6-16(23)17(24)12-14/h1,3-6,11-12,19H,2,7-10,25H2,(H,26,29). The van der Waals surface area contributed by atoms with Gasteiger partial charge in [-0.1, -0.05) is 6.07 Å². The lowest BCUT2D eigenvalue weighted by Gasteiger charge is -2.42. The predicted octanol–water partition coefficient (Wildman–Crippen LogP) is 1.49. The molecule has 1 saturated heterocycles. The van der Waals surface area contributed by atoms with Crippen LogP contribution in [0.2, 0.25) is 0 Å². The smallest absolute Gasteiger partial charge is 0.263 e. The van der Waals surface area contributed by atoms with Crippen LogP contribution in [-0.2, 0) is 4.79 Å². The van der Waals surface area contributed by atoms with Crippen LogP contribution in [0.4, 0.5) is 13.2 Å². The van der Waals surface area contributed by atoms with Crippen LogP contribution in [0.25, 0.3) is 0 Å². The molecule has 2 aromatic rings. The first-order valence-electron chi connectivity index (χ1n) is 9.64. The molecule has 3 rings (SSSR count). The third-order valence-electron chi connectivity index (χ3n) is 4.83. The van der Waals surface area contributed by atoms with Gasteiger partial charge in [-0.05, 0) is 42.8 Å². The highest BCUT2D eigenvalue weighted by Crippen LogP contribution is 2.22. The molecule has 1 fully saturated rings. The Balaban J connectivity index is 1.96. The first-order valence-corrected chi connectivity index (χ1v) is 9.64. The summed E-state index contributed by atoms with van der Waals surface area (Å²) in [4.78, 5) is 41.2. The monoisotopic (exact) mass is 434 g/mol. The fourth-order valence-corrected chi connectivity index (χ4v) is 3.40. The maximum absolute atomic E-state index is 13.7. The summed E-state index contributed by atoms with van der Waals surface area (Å²) in [7, 11) is 0. The maximum Gasteiger partial charge on any atom is 0.263 e. The van der Waals surface area contributed by atoms with Gasteiger partial charge in [0.25, 0.3) is 17.7 Å². The highest BCUT2D eigenvalue weighted by atomic mass is 19.2. The molecule has 1 atom stereocenters. The van der Waals surface area contributed by atoms with Gasteiger partial charge in [0.1, 0.15) is 5.82 Å². The van der Waals surface area contributed by atoms with E-state index in [-0.39, 0.29) is 37.3 Å². The van der Waals surface area contributed by atoms with Crippen LogP contribution in [0, 0.1) is 17.5 Å². The summed E-state index contributed by atoms with van der Waals surface area (Å²) in [6.45, 7) is 0.473. The molecule has 164 valence electrons. The van der Waals surface area contributed by atoms with Gasteiger partial charge in [-0.2, -0.15) is 0 Å². The molecule has 10 heteroatoms. The third-order valence-corrected chi connectivity index (χ3v) is 4.83. The summed E-state index contributed by atoms with van der Waals surface area (Å²) in [6, 6.07) is 7.62. The van der Waals surface area contributed by atoms with E-state index in [4.69, 9.17) is 5.73 Å². The van der Waals surface area contributed by atoms with Crippen molar-refractivity contribution in [2.75, 3.05) is 26.2 Å². The SMILES string of the molecule is NCCNC(=O)C1N(C(=O)c2cccc(F)c2)CCCN1C(=O)c1ccc(F)c(F)c1. The molecule has 0 aromatic heterocycles. The maximum atomic E-state index is 13.7. The van der Waals surface area contributed by atoms with Gasteiger partial charge in [0.05, 0.1) is 0 Å². The molecule has 0 radical (unpaired) electrons. The summed E-state index contributed by atoms with van der Waals surface area (Å²) in [5, 5.41) is 2.55. The minimum absolute atomic E-state index is 0.0127. The second kappa shape index (κ2) is 9.61. The van der Waals surface area contributed by atoms with Gasteiger partial charge in [0, 0.05) is 37.3 Å². The first-order chi connectivity index (χ1) is 14.8. The van der Waals surface area contributed by atoms with Gasteiger partial charge in [0.2, 0.25) is 0 Å². The van der Waals surface area contributed by atoms with Crippen molar-refractivity contribution in [1.29, 1.82) is 0 Å². The Labute approximate surface area is 176 Å². The first kappa shape index (κ1) is 22.3. The topological polar surface area (TPSA) is 95.7 Å². The number of carbonyl (C=O) groups excluding carboxylic acids is 3. The fraction of sp³-hybridized carbons (Fsp3) is 0.286. The van der Waals surface area contributed by atoms with E-state index in [0.717, 1.165) is 34.1 Å². The average molecular weight is 434 g/mol. The van der Waals surface area contributed by atoms with Crippen LogP contribution in [-0.4, -0.2) is 59.9 Å². The zero-order valence-corrected chi connectivity index (χ0v) is 16.5. The molecule has 0 bridgehead atoms. The molecular formula is C21H21F3N4O3. The second-order valence-electron chi connectivity index (χ2n) is 6.94. The van der Waals surface area contributed by atoms with Crippen LogP contribution in [0.1, 0.15) is 27.1 Å². The van der Waals surface area contributed by atoms with E-state index >= 15 is 0 Å². The fourth-order valence-electron chi connectivity index (χ4n) is 3.40. The minimum Gasteiger partial charge on any atom is -0.351 e. The zero-order valence-electron chi connectivity index (χ0n) is 16.5. The van der Waals surface area contributed by atoms with E-state index in [2.05, 4.69) is 5.32 Å². The van der Waals surface area contributed by atoms with E-state index < -0.39 is 41.3 Å². The van der Waals surface area contributed by atoms with Gasteiger partial charge in [-0.3, -0.25) is 14.4 Å². The highest BCUT2D eigenvalue weighted by Gasteiger charge is 2.40. The van der Waals surface area contributed by atoms with Crippen LogP contribution in [0.15, 0.2) is 42.5 Å². The molecule has 31 heavy (non-hydrogen) atoms. The predicted molar refractivity (Wildman–Crippen MR) is 105 cm³/mol. The third kappa shape index (κ3) is 4.85. The van der Waals surface area contributed by atoms with E-state index in [9.17, 15) is 27.6 Å². The Bertz CT molecular complexity index is 1000. The van der Waals surface area contributed by atoms with Gasteiger partial charge >= 0.3 is 0 Å². The summed E-state index contributed by atoms with van der Waals surface area (Å²) in [5.74, 6) is -5.00. The lowest BCUT2D eigenvalue weighted by Crippen LogP contribution is -2.63. The number of rotatable bonds is 5. The molecule has 1 heterocycles. The lowest BCUT2D eigenvalue weighted by atomic mass is 10.1. The van der Waals surface area contributed by atoms with Crippen molar-refractivity contribution in [3.63, 3.8) is 0 Å². The molecule has 1 aliphatic heterocycles. The quantitative estimate of drug-likeness (QED) is 0.746. The average Bonchev–Trinajstić information content (AvgIpc) is 2.77. The van der Waals surface area contributed by atoms with Crippen molar-refractivity contribution in [3.8, 4) is 0 Å². The van der Waals surface area contributed by atoms with Crippen molar-refractivity contribution in [1.82, 2.24) is 15.1 Å².